The number of carbonyl (C=O) groups is 8. The normalized spacial score (nSPS) is 12.1. The van der Waals surface area contributed by atoms with Crippen LogP contribution in [0.1, 0.15) is 83.6 Å². The van der Waals surface area contributed by atoms with E-state index in [1.807, 2.05) is 6.92 Å². The quantitative estimate of drug-likeness (QED) is 0.0310. The lowest BCUT2D eigenvalue weighted by Gasteiger charge is -2.32. The third-order valence-electron chi connectivity index (χ3n) is 8.77. The smallest absolute Gasteiger partial charge is 0.366 e. The zero-order valence-corrected chi connectivity index (χ0v) is 32.7. The Hall–Kier alpha value is -7.12. The van der Waals surface area contributed by atoms with Gasteiger partial charge in [-0.05, 0) is 49.2 Å². The number of carboxylic acid groups (broad SMARTS) is 3. The molecular weight excluding hydrogens is 780 g/mol. The molecule has 2 aromatic carbocycles. The lowest BCUT2D eigenvalue weighted by atomic mass is 9.90. The molecule has 3 aromatic rings. The second-order valence-electron chi connectivity index (χ2n) is 12.7. The Bertz CT molecular complexity index is 2000. The average Bonchev–Trinajstić information content (AvgIpc) is 3.72. The number of aliphatic carboxylic acids is 3. The number of carboxylic acids is 3. The molecule has 0 spiro atoms. The summed E-state index contributed by atoms with van der Waals surface area (Å²) >= 11 is 0. The molecule has 318 valence electrons. The summed E-state index contributed by atoms with van der Waals surface area (Å²) in [7, 11) is 2.80. The zero-order chi connectivity index (χ0) is 43.6. The third kappa shape index (κ3) is 13.2. The van der Waals surface area contributed by atoms with Crippen LogP contribution in [0, 0.1) is 5.92 Å². The zero-order valence-electron chi connectivity index (χ0n) is 32.7. The minimum atomic E-state index is -1.80. The van der Waals surface area contributed by atoms with Crippen LogP contribution in [0.4, 0.5) is 0 Å². The molecule has 0 aliphatic heterocycles. The summed E-state index contributed by atoms with van der Waals surface area (Å²) in [4.78, 5) is 104. The molecule has 4 amide bonds. The first-order valence-corrected chi connectivity index (χ1v) is 18.3. The van der Waals surface area contributed by atoms with Crippen molar-refractivity contribution in [1.29, 1.82) is 0 Å². The van der Waals surface area contributed by atoms with Gasteiger partial charge in [-0.25, -0.2) is 14.4 Å². The van der Waals surface area contributed by atoms with Crippen molar-refractivity contribution in [2.45, 2.75) is 64.5 Å². The Morgan fingerprint density at radius 3 is 2.17 bits per heavy atom. The van der Waals surface area contributed by atoms with E-state index in [1.54, 1.807) is 6.92 Å². The van der Waals surface area contributed by atoms with E-state index >= 15 is 0 Å². The fourth-order valence-electron chi connectivity index (χ4n) is 5.81. The largest absolute Gasteiger partial charge is 0.497 e. The van der Waals surface area contributed by atoms with Gasteiger partial charge in [-0.2, -0.15) is 5.06 Å². The maximum atomic E-state index is 13.6. The summed E-state index contributed by atoms with van der Waals surface area (Å²) in [5.74, 6) is -8.48. The molecule has 0 aliphatic carbocycles. The average molecular weight is 827 g/mol. The monoisotopic (exact) mass is 826 g/mol. The number of nitrogens with one attached hydrogen (secondary N) is 3. The summed E-state index contributed by atoms with van der Waals surface area (Å²) < 4.78 is 21.4. The van der Waals surface area contributed by atoms with Gasteiger partial charge >= 0.3 is 23.9 Å². The Balaban J connectivity index is 1.74. The molecule has 1 heterocycles. The van der Waals surface area contributed by atoms with Crippen molar-refractivity contribution in [2.75, 3.05) is 27.5 Å². The molecule has 0 saturated carbocycles. The van der Waals surface area contributed by atoms with E-state index in [1.165, 1.54) is 62.8 Å². The fourth-order valence-corrected chi connectivity index (χ4v) is 5.81. The predicted octanol–water partition coefficient (Wildman–Crippen LogP) is 3.09. The summed E-state index contributed by atoms with van der Waals surface area (Å²) in [6.45, 7) is 2.44. The third-order valence-corrected chi connectivity index (χ3v) is 8.77. The molecule has 3 unspecified atom stereocenters. The molecule has 1 aromatic heterocycles. The number of nitrogens with zero attached hydrogens (tertiary/aromatic N) is 1. The summed E-state index contributed by atoms with van der Waals surface area (Å²) in [5, 5.41) is 35.4. The van der Waals surface area contributed by atoms with E-state index in [4.69, 9.17) is 33.7 Å². The Morgan fingerprint density at radius 2 is 1.56 bits per heavy atom. The lowest BCUT2D eigenvalue weighted by molar-refractivity contribution is -0.171. The Morgan fingerprint density at radius 1 is 0.831 bits per heavy atom. The minimum Gasteiger partial charge on any atom is -0.497 e. The van der Waals surface area contributed by atoms with Gasteiger partial charge in [-0.3, -0.25) is 24.0 Å². The molecule has 6 N–H and O–H groups in total. The van der Waals surface area contributed by atoms with Gasteiger partial charge in [0, 0.05) is 11.6 Å². The first-order chi connectivity index (χ1) is 28.2. The molecule has 59 heavy (non-hydrogen) atoms. The Kier molecular flexibility index (Phi) is 17.7. The van der Waals surface area contributed by atoms with Gasteiger partial charge in [0.05, 0.1) is 44.8 Å². The highest BCUT2D eigenvalue weighted by atomic mass is 16.7. The lowest BCUT2D eigenvalue weighted by Crippen LogP contribution is -2.49. The number of hydroxylamine groups is 2. The van der Waals surface area contributed by atoms with Crippen LogP contribution >= 0.6 is 0 Å². The number of furan rings is 1. The molecule has 3 rings (SSSR count). The number of benzene rings is 2. The molecule has 0 bridgehead atoms. The molecule has 20 heteroatoms. The van der Waals surface area contributed by atoms with Crippen molar-refractivity contribution in [1.82, 2.24) is 21.0 Å². The minimum absolute atomic E-state index is 0.0165. The van der Waals surface area contributed by atoms with E-state index < -0.39 is 72.6 Å². The molecular formula is C39H46N4O16. The number of hydrogen-bond acceptors (Lipinski definition) is 13. The standard InChI is InChI=1S/C39H46N4O16/c1-5-7-8-9-24(28(6-2)43(21-44)59-39(54)26-13-11-23(55-3)17-31(26)56-4)35(49)40-20-41-37(51)30-15-14-29(58-30)22-10-12-25(32(16-22)57-19-34(47)48)36(50)42-27(38(52)53)18-33(45)46/h10-17,21,24,27-28H,5-9,18-20H2,1-4H3,(H,40,49)(H,41,51)(H,42,50)(H,45,46)(H,47,48)(H,52,53). The number of rotatable bonds is 25. The predicted molar refractivity (Wildman–Crippen MR) is 203 cm³/mol. The van der Waals surface area contributed by atoms with Gasteiger partial charge in [0.1, 0.15) is 34.6 Å². The second-order valence-corrected chi connectivity index (χ2v) is 12.7. The molecule has 0 fully saturated rings. The number of ether oxygens (including phenoxy) is 3. The van der Waals surface area contributed by atoms with E-state index in [0.717, 1.165) is 17.9 Å². The molecule has 0 aliphatic rings. The van der Waals surface area contributed by atoms with Crippen LogP contribution in [0.25, 0.3) is 11.3 Å². The highest BCUT2D eigenvalue weighted by Gasteiger charge is 2.34. The van der Waals surface area contributed by atoms with Crippen LogP contribution in [0.15, 0.2) is 52.9 Å². The number of carbonyl (C=O) groups excluding carboxylic acids is 5. The topological polar surface area (TPSA) is 287 Å². The Labute approximate surface area is 337 Å². The molecule has 3 atom stereocenters. The van der Waals surface area contributed by atoms with Gasteiger partial charge in [0.2, 0.25) is 12.3 Å². The van der Waals surface area contributed by atoms with Crippen molar-refractivity contribution in [3.05, 3.63) is 65.4 Å². The maximum absolute atomic E-state index is 13.6. The number of unbranched alkanes of at least 4 members (excludes halogenated alkanes) is 2. The highest BCUT2D eigenvalue weighted by Crippen LogP contribution is 2.30. The van der Waals surface area contributed by atoms with Crippen molar-refractivity contribution < 1.29 is 77.1 Å². The highest BCUT2D eigenvalue weighted by molar-refractivity contribution is 6.00. The molecule has 0 saturated heterocycles. The SMILES string of the molecule is CCCCCC(C(=O)NCNC(=O)c1ccc(-c2ccc(C(=O)NC(CC(=O)O)C(=O)O)c(OCC(=O)O)c2)o1)C(CC)N(C=O)OC(=O)c1ccc(OC)cc1OC. The van der Waals surface area contributed by atoms with E-state index in [9.17, 15) is 43.5 Å². The summed E-state index contributed by atoms with van der Waals surface area (Å²) in [5.41, 5.74) is -0.0825. The molecule has 20 nitrogen and oxygen atoms in total. The van der Waals surface area contributed by atoms with E-state index in [2.05, 4.69) is 16.0 Å². The van der Waals surface area contributed by atoms with Crippen LogP contribution in [0.3, 0.4) is 0 Å². The van der Waals surface area contributed by atoms with Crippen molar-refractivity contribution in [3.8, 4) is 28.6 Å². The number of hydrogen-bond donors (Lipinski definition) is 6. The van der Waals surface area contributed by atoms with Gasteiger partial charge in [-0.1, -0.05) is 39.2 Å². The van der Waals surface area contributed by atoms with Gasteiger partial charge in [0.25, 0.3) is 11.8 Å². The van der Waals surface area contributed by atoms with Gasteiger partial charge in [-0.15, -0.1) is 0 Å². The van der Waals surface area contributed by atoms with Crippen LogP contribution in [0.5, 0.6) is 17.2 Å². The van der Waals surface area contributed by atoms with Crippen molar-refractivity contribution >= 4 is 48.0 Å². The first kappa shape index (κ1) is 46.3. The van der Waals surface area contributed by atoms with Gasteiger partial charge < -0.3 is 54.7 Å². The van der Waals surface area contributed by atoms with Crippen LogP contribution in [0.2, 0.25) is 0 Å². The first-order valence-electron chi connectivity index (χ1n) is 18.3. The summed E-state index contributed by atoms with van der Waals surface area (Å²) in [6.07, 6.45) is 2.17. The van der Waals surface area contributed by atoms with Crippen molar-refractivity contribution in [3.63, 3.8) is 0 Å². The summed E-state index contributed by atoms with van der Waals surface area (Å²) in [6, 6.07) is 8.15. The van der Waals surface area contributed by atoms with Crippen LogP contribution in [-0.4, -0.2) is 108 Å². The fraction of sp³-hybridized carbons (Fsp3) is 0.385. The molecule has 0 radical (unpaired) electrons. The van der Waals surface area contributed by atoms with Crippen LogP contribution < -0.4 is 30.2 Å². The van der Waals surface area contributed by atoms with Gasteiger partial charge in [0.15, 0.2) is 12.4 Å². The number of amides is 4. The van der Waals surface area contributed by atoms with Crippen LogP contribution in [-0.2, 0) is 28.8 Å². The second kappa shape index (κ2) is 22.6. The van der Waals surface area contributed by atoms with E-state index in [-0.39, 0.29) is 52.8 Å². The van der Waals surface area contributed by atoms with E-state index in [0.29, 0.717) is 25.0 Å². The number of methoxy groups -OCH3 is 2. The van der Waals surface area contributed by atoms with Crippen molar-refractivity contribution in [2.24, 2.45) is 5.92 Å². The maximum Gasteiger partial charge on any atom is 0.366 e.